The highest BCUT2D eigenvalue weighted by molar-refractivity contribution is 7.80. The second-order valence-corrected chi connectivity index (χ2v) is 5.15. The minimum absolute atomic E-state index is 0.0417. The normalized spacial score (nSPS) is 10.4. The first-order chi connectivity index (χ1) is 11.4. The molecule has 0 aromatic heterocycles. The highest BCUT2D eigenvalue weighted by Gasteiger charge is 2.01. The fourth-order valence-corrected chi connectivity index (χ4v) is 1.29. The maximum absolute atomic E-state index is 9.84. The molecule has 0 aromatic rings. The average molecular weight is 378 g/mol. The van der Waals surface area contributed by atoms with Crippen LogP contribution in [-0.2, 0) is 28.8 Å². The van der Waals surface area contributed by atoms with Gasteiger partial charge in [-0.25, -0.2) is 4.18 Å². The number of hydrogen-bond acceptors (Lipinski definition) is 8. The molecule has 0 saturated carbocycles. The van der Waals surface area contributed by atoms with Crippen LogP contribution in [0.1, 0.15) is 33.6 Å². The molecule has 0 atom stereocenters. The minimum Gasteiger partial charge on any atom is -0.394 e. The molecular formula is C14H34O9S. The van der Waals surface area contributed by atoms with Crippen LogP contribution in [0.3, 0.4) is 0 Å². The van der Waals surface area contributed by atoms with Gasteiger partial charge < -0.3 is 24.4 Å². The Bertz CT molecular complexity index is 287. The lowest BCUT2D eigenvalue weighted by Crippen LogP contribution is -2.09. The molecule has 0 aromatic carbocycles. The van der Waals surface area contributed by atoms with Crippen LogP contribution < -0.4 is 0 Å². The predicted octanol–water partition coefficient (Wildman–Crippen LogP) is 0.653. The summed E-state index contributed by atoms with van der Waals surface area (Å²) in [5.74, 6) is 0. The van der Waals surface area contributed by atoms with Gasteiger partial charge in [-0.15, -0.1) is 0 Å². The summed E-state index contributed by atoms with van der Waals surface area (Å²) in [5.41, 5.74) is 0. The van der Waals surface area contributed by atoms with Gasteiger partial charge in [-0.05, 0) is 20.3 Å². The molecule has 3 N–H and O–H groups in total. The molecule has 0 saturated heterocycles. The van der Waals surface area contributed by atoms with Crippen molar-refractivity contribution in [3.63, 3.8) is 0 Å². The summed E-state index contributed by atoms with van der Waals surface area (Å²) in [6.07, 6.45) is 1.48. The van der Waals surface area contributed by atoms with Gasteiger partial charge in [0, 0.05) is 13.2 Å². The van der Waals surface area contributed by atoms with Crippen molar-refractivity contribution in [2.75, 3.05) is 59.5 Å². The van der Waals surface area contributed by atoms with Gasteiger partial charge >= 0.3 is 10.4 Å². The zero-order chi connectivity index (χ0) is 19.1. The van der Waals surface area contributed by atoms with E-state index >= 15 is 0 Å². The molecule has 9 nitrogen and oxygen atoms in total. The summed E-state index contributed by atoms with van der Waals surface area (Å²) in [5, 5.41) is 16.5. The molecule has 0 radical (unpaired) electrons. The Kier molecular flexibility index (Phi) is 29.6. The van der Waals surface area contributed by atoms with E-state index in [2.05, 4.69) is 4.18 Å². The van der Waals surface area contributed by atoms with Gasteiger partial charge in [0.2, 0.25) is 0 Å². The van der Waals surface area contributed by atoms with Crippen LogP contribution in [0.15, 0.2) is 0 Å². The van der Waals surface area contributed by atoms with Gasteiger partial charge in [0.1, 0.15) is 0 Å². The summed E-state index contributed by atoms with van der Waals surface area (Å²) in [4.78, 5) is 0. The number of rotatable bonds is 13. The zero-order valence-corrected chi connectivity index (χ0v) is 15.8. The van der Waals surface area contributed by atoms with Crippen LogP contribution in [-0.4, -0.2) is 82.6 Å². The van der Waals surface area contributed by atoms with Crippen LogP contribution >= 0.6 is 0 Å². The van der Waals surface area contributed by atoms with E-state index < -0.39 is 10.4 Å². The van der Waals surface area contributed by atoms with Crippen LogP contribution in [0.4, 0.5) is 0 Å². The van der Waals surface area contributed by atoms with Crippen molar-refractivity contribution in [3.8, 4) is 0 Å². The fraction of sp³-hybridized carbons (Fsp3) is 1.00. The Labute approximate surface area is 145 Å². The van der Waals surface area contributed by atoms with E-state index in [0.29, 0.717) is 32.8 Å². The molecule has 150 valence electrons. The molecule has 0 aliphatic rings. The number of hydrogen-bond donors (Lipinski definition) is 3. The van der Waals surface area contributed by atoms with E-state index in [1.165, 1.54) is 0 Å². The first-order valence-electron chi connectivity index (χ1n) is 7.96. The molecule has 0 unspecified atom stereocenters. The summed E-state index contributed by atoms with van der Waals surface area (Å²) in [7, 11) is -4.20. The SMILES string of the molecule is CCCCOS(=O)(=O)O.CCOCC.OCCOCCOCCO. The van der Waals surface area contributed by atoms with Crippen molar-refractivity contribution < 1.29 is 41.6 Å². The predicted molar refractivity (Wildman–Crippen MR) is 90.4 cm³/mol. The van der Waals surface area contributed by atoms with Crippen molar-refractivity contribution in [1.82, 2.24) is 0 Å². The summed E-state index contributed by atoms with van der Waals surface area (Å²) >= 11 is 0. The van der Waals surface area contributed by atoms with Gasteiger partial charge in [0.15, 0.2) is 0 Å². The Morgan fingerprint density at radius 2 is 1.21 bits per heavy atom. The Morgan fingerprint density at radius 3 is 1.46 bits per heavy atom. The lowest BCUT2D eigenvalue weighted by Gasteiger charge is -2.01. The van der Waals surface area contributed by atoms with E-state index in [9.17, 15) is 8.42 Å². The van der Waals surface area contributed by atoms with Crippen molar-refractivity contribution in [3.05, 3.63) is 0 Å². The molecule has 24 heavy (non-hydrogen) atoms. The minimum atomic E-state index is -4.20. The average Bonchev–Trinajstić information content (AvgIpc) is 2.52. The van der Waals surface area contributed by atoms with Gasteiger partial charge in [-0.1, -0.05) is 13.3 Å². The Balaban J connectivity index is -0.000000291. The molecular weight excluding hydrogens is 344 g/mol. The van der Waals surface area contributed by atoms with Crippen LogP contribution in [0.5, 0.6) is 0 Å². The monoisotopic (exact) mass is 378 g/mol. The quantitative estimate of drug-likeness (QED) is 0.312. The van der Waals surface area contributed by atoms with Gasteiger partial charge in [-0.3, -0.25) is 4.55 Å². The summed E-state index contributed by atoms with van der Waals surface area (Å²) in [6.45, 7) is 9.36. The molecule has 0 fully saturated rings. The Morgan fingerprint density at radius 1 is 0.750 bits per heavy atom. The van der Waals surface area contributed by atoms with Crippen LogP contribution in [0.2, 0.25) is 0 Å². The molecule has 0 aliphatic heterocycles. The van der Waals surface area contributed by atoms with E-state index in [1.807, 2.05) is 20.8 Å². The van der Waals surface area contributed by atoms with Crippen molar-refractivity contribution in [1.29, 1.82) is 0 Å². The summed E-state index contributed by atoms with van der Waals surface area (Å²) in [6, 6.07) is 0. The molecule has 0 rings (SSSR count). The summed E-state index contributed by atoms with van der Waals surface area (Å²) < 4.78 is 46.2. The smallest absolute Gasteiger partial charge is 0.394 e. The van der Waals surface area contributed by atoms with Gasteiger partial charge in [0.25, 0.3) is 0 Å². The number of aliphatic hydroxyl groups excluding tert-OH is 2. The standard InChI is InChI=1S/C6H14O4.C4H10O4S.C4H10O/c7-1-3-9-5-6-10-4-2-8;1-2-3-4-8-9(5,6)7;1-3-5-4-2/h7-8H,1-6H2;2-4H2,1H3,(H,5,6,7);3-4H2,1-2H3. The third-order valence-corrected chi connectivity index (χ3v) is 2.45. The number of unbranched alkanes of at least 4 members (excludes halogenated alkanes) is 1. The van der Waals surface area contributed by atoms with Gasteiger partial charge in [-0.2, -0.15) is 8.42 Å². The number of ether oxygens (including phenoxy) is 3. The van der Waals surface area contributed by atoms with Crippen molar-refractivity contribution in [2.24, 2.45) is 0 Å². The fourth-order valence-electron chi connectivity index (χ4n) is 0.964. The van der Waals surface area contributed by atoms with E-state index in [1.54, 1.807) is 0 Å². The third kappa shape index (κ3) is 43.0. The molecule has 0 aliphatic carbocycles. The second-order valence-electron chi connectivity index (χ2n) is 4.06. The van der Waals surface area contributed by atoms with Crippen molar-refractivity contribution in [2.45, 2.75) is 33.6 Å². The van der Waals surface area contributed by atoms with Gasteiger partial charge in [0.05, 0.1) is 46.2 Å². The lowest BCUT2D eigenvalue weighted by molar-refractivity contribution is 0.0222. The lowest BCUT2D eigenvalue weighted by atomic mass is 10.4. The van der Waals surface area contributed by atoms with E-state index in [0.717, 1.165) is 19.6 Å². The molecule has 10 heteroatoms. The van der Waals surface area contributed by atoms with Crippen LogP contribution in [0, 0.1) is 0 Å². The highest BCUT2D eigenvalue weighted by Crippen LogP contribution is 1.91. The van der Waals surface area contributed by atoms with E-state index in [-0.39, 0.29) is 19.8 Å². The molecule has 0 bridgehead atoms. The Hall–Kier alpha value is -0.330. The second kappa shape index (κ2) is 24.9. The van der Waals surface area contributed by atoms with E-state index in [4.69, 9.17) is 29.0 Å². The molecule has 0 spiro atoms. The zero-order valence-electron chi connectivity index (χ0n) is 15.0. The molecule has 0 heterocycles. The highest BCUT2D eigenvalue weighted by atomic mass is 32.3. The third-order valence-electron chi connectivity index (χ3n) is 1.98. The van der Waals surface area contributed by atoms with Crippen molar-refractivity contribution >= 4 is 10.4 Å². The maximum Gasteiger partial charge on any atom is 0.397 e. The molecule has 0 amide bonds. The topological polar surface area (TPSA) is 132 Å². The largest absolute Gasteiger partial charge is 0.397 e. The van der Waals surface area contributed by atoms with Crippen LogP contribution in [0.25, 0.3) is 0 Å². The maximum atomic E-state index is 9.84. The number of aliphatic hydroxyl groups is 2. The first-order valence-corrected chi connectivity index (χ1v) is 9.32. The first kappa shape index (κ1) is 28.5.